The van der Waals surface area contributed by atoms with E-state index in [0.29, 0.717) is 23.5 Å². The third kappa shape index (κ3) is 8.12. The van der Waals surface area contributed by atoms with Gasteiger partial charge in [-0.2, -0.15) is 0 Å². The molecule has 3 amide bonds. The minimum Gasteiger partial charge on any atom is -0.376 e. The number of hydrogen-bond donors (Lipinski definition) is 4. The van der Waals surface area contributed by atoms with Gasteiger partial charge in [-0.05, 0) is 48.9 Å². The van der Waals surface area contributed by atoms with Crippen molar-refractivity contribution in [2.45, 2.75) is 40.5 Å². The largest absolute Gasteiger partial charge is 0.376 e. The van der Waals surface area contributed by atoms with Crippen LogP contribution in [0.2, 0.25) is 0 Å². The van der Waals surface area contributed by atoms with Crippen LogP contribution in [0.4, 0.5) is 17.1 Å². The Balaban J connectivity index is 1.85. The highest BCUT2D eigenvalue weighted by Crippen LogP contribution is 2.20. The molecule has 0 aliphatic heterocycles. The summed E-state index contributed by atoms with van der Waals surface area (Å²) in [5, 5.41) is 11.6. The van der Waals surface area contributed by atoms with Crippen molar-refractivity contribution in [2.75, 3.05) is 29.0 Å². The van der Waals surface area contributed by atoms with Crippen molar-refractivity contribution in [3.8, 4) is 0 Å². The number of nitrogens with one attached hydrogen (secondary N) is 4. The molecule has 0 atom stereocenters. The van der Waals surface area contributed by atoms with E-state index in [1.165, 1.54) is 0 Å². The molecule has 0 aromatic heterocycles. The number of amides is 3. The Bertz CT molecular complexity index is 902. The number of rotatable bonds is 9. The predicted octanol–water partition coefficient (Wildman–Crippen LogP) is 4.25. The maximum absolute atomic E-state index is 12.3. The van der Waals surface area contributed by atoms with Gasteiger partial charge in [-0.1, -0.05) is 40.2 Å². The van der Waals surface area contributed by atoms with Gasteiger partial charge >= 0.3 is 0 Å². The van der Waals surface area contributed by atoms with E-state index in [2.05, 4.69) is 28.2 Å². The summed E-state index contributed by atoms with van der Waals surface area (Å²) in [6.45, 7) is 8.32. The van der Waals surface area contributed by atoms with Gasteiger partial charge in [-0.25, -0.2) is 0 Å². The summed E-state index contributed by atoms with van der Waals surface area (Å²) in [5.41, 5.74) is 2.04. The summed E-state index contributed by atoms with van der Waals surface area (Å²) in [7, 11) is 0. The van der Waals surface area contributed by atoms with Crippen molar-refractivity contribution in [1.29, 1.82) is 0 Å². The van der Waals surface area contributed by atoms with Gasteiger partial charge in [0.25, 0.3) is 5.91 Å². The molecule has 166 valence electrons. The lowest BCUT2D eigenvalue weighted by molar-refractivity contribution is -0.123. The number of benzene rings is 2. The van der Waals surface area contributed by atoms with Gasteiger partial charge in [-0.3, -0.25) is 14.4 Å². The second-order valence-corrected chi connectivity index (χ2v) is 8.37. The molecular formula is C24H32N4O3. The third-order valence-corrected chi connectivity index (χ3v) is 4.50. The highest BCUT2D eigenvalue weighted by atomic mass is 16.2. The third-order valence-electron chi connectivity index (χ3n) is 4.50. The second kappa shape index (κ2) is 11.2. The van der Waals surface area contributed by atoms with Gasteiger partial charge in [0.15, 0.2) is 0 Å². The Morgan fingerprint density at radius 2 is 1.52 bits per heavy atom. The molecule has 0 bridgehead atoms. The van der Waals surface area contributed by atoms with E-state index in [9.17, 15) is 14.4 Å². The van der Waals surface area contributed by atoms with Gasteiger partial charge < -0.3 is 21.3 Å². The zero-order chi connectivity index (χ0) is 22.9. The Morgan fingerprint density at radius 3 is 2.13 bits per heavy atom. The van der Waals surface area contributed by atoms with Crippen LogP contribution in [0.1, 0.15) is 50.9 Å². The molecule has 0 aliphatic carbocycles. The van der Waals surface area contributed by atoms with Crippen molar-refractivity contribution in [2.24, 2.45) is 5.41 Å². The van der Waals surface area contributed by atoms with E-state index in [-0.39, 0.29) is 24.3 Å². The molecular weight excluding hydrogens is 392 g/mol. The minimum absolute atomic E-state index is 0.0701. The lowest BCUT2D eigenvalue weighted by Gasteiger charge is -2.18. The number of hydrogen-bond acceptors (Lipinski definition) is 4. The van der Waals surface area contributed by atoms with Crippen LogP contribution in [0, 0.1) is 5.41 Å². The highest BCUT2D eigenvalue weighted by Gasteiger charge is 2.21. The van der Waals surface area contributed by atoms with Crippen LogP contribution in [0.5, 0.6) is 0 Å². The molecule has 4 N–H and O–H groups in total. The van der Waals surface area contributed by atoms with Crippen LogP contribution in [0.25, 0.3) is 0 Å². The first kappa shape index (κ1) is 23.9. The molecule has 0 fully saturated rings. The van der Waals surface area contributed by atoms with E-state index < -0.39 is 5.41 Å². The molecule has 0 saturated heterocycles. The van der Waals surface area contributed by atoms with Crippen molar-refractivity contribution in [3.05, 3.63) is 54.1 Å². The van der Waals surface area contributed by atoms with Crippen LogP contribution < -0.4 is 21.3 Å². The molecule has 0 unspecified atom stereocenters. The average molecular weight is 425 g/mol. The van der Waals surface area contributed by atoms with Crippen molar-refractivity contribution < 1.29 is 14.4 Å². The van der Waals surface area contributed by atoms with Gasteiger partial charge in [0, 0.05) is 34.6 Å². The zero-order valence-electron chi connectivity index (χ0n) is 18.7. The normalized spacial score (nSPS) is 10.8. The molecule has 0 spiro atoms. The number of carbonyl (C=O) groups excluding carboxylic acids is 3. The standard InChI is InChI=1S/C24H32N4O3/c1-5-6-14-25-22(30)17-10-12-18(13-11-17)26-16-21(29)27-19-8-7-9-20(15-19)28-23(31)24(2,3)4/h7-13,15,26H,5-6,14,16H2,1-4H3,(H,25,30)(H,27,29)(H,28,31). The first-order valence-corrected chi connectivity index (χ1v) is 10.5. The quantitative estimate of drug-likeness (QED) is 0.452. The molecule has 7 heteroatoms. The van der Waals surface area contributed by atoms with Gasteiger partial charge in [0.2, 0.25) is 11.8 Å². The van der Waals surface area contributed by atoms with E-state index in [1.807, 2.05) is 20.8 Å². The maximum atomic E-state index is 12.3. The van der Waals surface area contributed by atoms with E-state index in [0.717, 1.165) is 18.5 Å². The van der Waals surface area contributed by atoms with Crippen LogP contribution in [0.15, 0.2) is 48.5 Å². The molecule has 31 heavy (non-hydrogen) atoms. The first-order valence-electron chi connectivity index (χ1n) is 10.5. The molecule has 2 aromatic carbocycles. The monoisotopic (exact) mass is 424 g/mol. The smallest absolute Gasteiger partial charge is 0.251 e. The van der Waals surface area contributed by atoms with Crippen molar-refractivity contribution in [1.82, 2.24) is 5.32 Å². The molecule has 2 rings (SSSR count). The van der Waals surface area contributed by atoms with Crippen molar-refractivity contribution >= 4 is 34.8 Å². The average Bonchev–Trinajstić information content (AvgIpc) is 2.72. The summed E-state index contributed by atoms with van der Waals surface area (Å²) in [4.78, 5) is 36.4. The molecule has 0 radical (unpaired) electrons. The zero-order valence-corrected chi connectivity index (χ0v) is 18.7. The molecule has 0 heterocycles. The number of anilines is 3. The van der Waals surface area contributed by atoms with Crippen LogP contribution >= 0.6 is 0 Å². The molecule has 7 nitrogen and oxygen atoms in total. The fraction of sp³-hybridized carbons (Fsp3) is 0.375. The summed E-state index contributed by atoms with van der Waals surface area (Å²) < 4.78 is 0. The van der Waals surface area contributed by atoms with Gasteiger partial charge in [0.05, 0.1) is 6.54 Å². The Hall–Kier alpha value is -3.35. The second-order valence-electron chi connectivity index (χ2n) is 8.37. The fourth-order valence-corrected chi connectivity index (χ4v) is 2.60. The number of unbranched alkanes of at least 4 members (excludes halogenated alkanes) is 1. The first-order chi connectivity index (χ1) is 14.7. The van der Waals surface area contributed by atoms with Crippen molar-refractivity contribution in [3.63, 3.8) is 0 Å². The van der Waals surface area contributed by atoms with Gasteiger partial charge in [-0.15, -0.1) is 0 Å². The Morgan fingerprint density at radius 1 is 0.871 bits per heavy atom. The Kier molecular flexibility index (Phi) is 8.61. The maximum Gasteiger partial charge on any atom is 0.251 e. The van der Waals surface area contributed by atoms with Crippen LogP contribution in [0.3, 0.4) is 0 Å². The lowest BCUT2D eigenvalue weighted by Crippen LogP contribution is -2.27. The van der Waals surface area contributed by atoms with E-state index >= 15 is 0 Å². The summed E-state index contributed by atoms with van der Waals surface area (Å²) in [6, 6.07) is 14.0. The minimum atomic E-state index is -0.505. The molecule has 0 saturated carbocycles. The van der Waals surface area contributed by atoms with Gasteiger partial charge in [0.1, 0.15) is 0 Å². The molecule has 2 aromatic rings. The summed E-state index contributed by atoms with van der Waals surface area (Å²) >= 11 is 0. The summed E-state index contributed by atoms with van der Waals surface area (Å²) in [6.07, 6.45) is 1.98. The van der Waals surface area contributed by atoms with E-state index in [4.69, 9.17) is 0 Å². The fourth-order valence-electron chi connectivity index (χ4n) is 2.60. The number of carbonyl (C=O) groups is 3. The summed E-state index contributed by atoms with van der Waals surface area (Å²) in [5.74, 6) is -0.419. The van der Waals surface area contributed by atoms with Crippen LogP contribution in [-0.4, -0.2) is 30.8 Å². The highest BCUT2D eigenvalue weighted by molar-refractivity contribution is 5.97. The Labute approximate surface area is 184 Å². The topological polar surface area (TPSA) is 99.3 Å². The molecule has 0 aliphatic rings. The van der Waals surface area contributed by atoms with E-state index in [1.54, 1.807) is 48.5 Å². The predicted molar refractivity (Wildman–Crippen MR) is 125 cm³/mol. The SMILES string of the molecule is CCCCNC(=O)c1ccc(NCC(=O)Nc2cccc(NC(=O)C(C)(C)C)c2)cc1. The van der Waals surface area contributed by atoms with Crippen LogP contribution in [-0.2, 0) is 9.59 Å². The lowest BCUT2D eigenvalue weighted by atomic mass is 9.95.